The average Bonchev–Trinajstić information content (AvgIpc) is 2.60. The van der Waals surface area contributed by atoms with Crippen LogP contribution in [0, 0.1) is 19.7 Å². The largest absolute Gasteiger partial charge is 0.492 e. The van der Waals surface area contributed by atoms with E-state index in [0.717, 1.165) is 16.7 Å². The van der Waals surface area contributed by atoms with Gasteiger partial charge in [0.15, 0.2) is 0 Å². The molecule has 0 saturated heterocycles. The van der Waals surface area contributed by atoms with Gasteiger partial charge in [0.2, 0.25) is 0 Å². The number of amides is 1. The van der Waals surface area contributed by atoms with Crippen molar-refractivity contribution in [3.05, 3.63) is 71.2 Å². The number of pyridine rings is 1. The van der Waals surface area contributed by atoms with Crippen LogP contribution in [0.2, 0.25) is 0 Å². The van der Waals surface area contributed by atoms with Crippen LogP contribution in [0.3, 0.4) is 0 Å². The molecule has 0 saturated carbocycles. The Balaban J connectivity index is 1.69. The van der Waals surface area contributed by atoms with Gasteiger partial charge in [0, 0.05) is 18.5 Å². The van der Waals surface area contributed by atoms with Gasteiger partial charge < -0.3 is 9.64 Å². The van der Waals surface area contributed by atoms with Gasteiger partial charge in [-0.3, -0.25) is 9.78 Å². The van der Waals surface area contributed by atoms with Crippen LogP contribution in [-0.2, 0) is 0 Å². The Morgan fingerprint density at radius 1 is 1.15 bits per heavy atom. The summed E-state index contributed by atoms with van der Waals surface area (Å²) in [6.45, 7) is 4.61. The highest BCUT2D eigenvalue weighted by atomic mass is 19.1. The van der Waals surface area contributed by atoms with Crippen molar-refractivity contribution in [2.24, 2.45) is 0 Å². The topological polar surface area (TPSA) is 42.4 Å². The number of fused-ring (bicyclic) bond motifs is 1. The zero-order chi connectivity index (χ0) is 18.7. The summed E-state index contributed by atoms with van der Waals surface area (Å²) in [7, 11) is 1.73. The van der Waals surface area contributed by atoms with Gasteiger partial charge in [0.25, 0.3) is 5.91 Å². The van der Waals surface area contributed by atoms with Gasteiger partial charge in [0.05, 0.1) is 23.3 Å². The third-order valence-electron chi connectivity index (χ3n) is 4.23. The lowest BCUT2D eigenvalue weighted by Crippen LogP contribution is -2.31. The summed E-state index contributed by atoms with van der Waals surface area (Å²) in [6, 6.07) is 13.9. The van der Waals surface area contributed by atoms with E-state index in [4.69, 9.17) is 4.74 Å². The molecule has 0 aliphatic heterocycles. The van der Waals surface area contributed by atoms with E-state index < -0.39 is 0 Å². The number of hydrogen-bond donors (Lipinski definition) is 0. The van der Waals surface area contributed by atoms with E-state index in [1.165, 1.54) is 12.1 Å². The molecule has 0 unspecified atom stereocenters. The Hall–Kier alpha value is -2.95. The smallest absolute Gasteiger partial charge is 0.255 e. The fourth-order valence-electron chi connectivity index (χ4n) is 2.77. The van der Waals surface area contributed by atoms with Crippen molar-refractivity contribution >= 4 is 16.8 Å². The number of halogens is 1. The van der Waals surface area contributed by atoms with Crippen molar-refractivity contribution in [1.82, 2.24) is 9.88 Å². The van der Waals surface area contributed by atoms with Crippen LogP contribution >= 0.6 is 0 Å². The molecule has 26 heavy (non-hydrogen) atoms. The molecule has 0 fully saturated rings. The molecule has 0 N–H and O–H groups in total. The zero-order valence-corrected chi connectivity index (χ0v) is 15.1. The molecule has 134 valence electrons. The van der Waals surface area contributed by atoms with Crippen molar-refractivity contribution in [3.63, 3.8) is 0 Å². The third-order valence-corrected chi connectivity index (χ3v) is 4.23. The molecule has 0 atom stereocenters. The number of aromatic nitrogens is 1. The van der Waals surface area contributed by atoms with Crippen LogP contribution in [0.25, 0.3) is 10.9 Å². The summed E-state index contributed by atoms with van der Waals surface area (Å²) in [4.78, 5) is 18.7. The van der Waals surface area contributed by atoms with Gasteiger partial charge in [-0.05, 0) is 49.7 Å². The number of likely N-dealkylation sites (N-methyl/N-ethyl adjacent to an activating group) is 1. The first kappa shape index (κ1) is 17.9. The highest BCUT2D eigenvalue weighted by molar-refractivity contribution is 5.98. The zero-order valence-electron chi connectivity index (χ0n) is 15.1. The average molecular weight is 352 g/mol. The molecule has 0 aliphatic carbocycles. The molecule has 5 heteroatoms. The van der Waals surface area contributed by atoms with E-state index in [0.29, 0.717) is 29.9 Å². The second kappa shape index (κ2) is 7.52. The molecular weight excluding hydrogens is 331 g/mol. The first-order chi connectivity index (χ1) is 12.4. The number of carbonyl (C=O) groups excluding carboxylic acids is 1. The van der Waals surface area contributed by atoms with E-state index in [2.05, 4.69) is 4.98 Å². The minimum absolute atomic E-state index is 0.130. The Kier molecular flexibility index (Phi) is 5.16. The summed E-state index contributed by atoms with van der Waals surface area (Å²) in [5.41, 5.74) is 2.77. The fourth-order valence-corrected chi connectivity index (χ4v) is 2.77. The Morgan fingerprint density at radius 2 is 1.96 bits per heavy atom. The van der Waals surface area contributed by atoms with Gasteiger partial charge in [0.1, 0.15) is 18.2 Å². The van der Waals surface area contributed by atoms with E-state index in [1.807, 2.05) is 31.2 Å². The SMILES string of the molecule is Cc1cccc(OCCN(C)C(=O)c2cc3ccc(F)cc3nc2C)c1. The maximum Gasteiger partial charge on any atom is 0.255 e. The summed E-state index contributed by atoms with van der Waals surface area (Å²) < 4.78 is 19.0. The van der Waals surface area contributed by atoms with Gasteiger partial charge in [-0.2, -0.15) is 0 Å². The van der Waals surface area contributed by atoms with E-state index in [-0.39, 0.29) is 11.7 Å². The maximum atomic E-state index is 13.3. The van der Waals surface area contributed by atoms with Crippen LogP contribution in [0.4, 0.5) is 4.39 Å². The van der Waals surface area contributed by atoms with Crippen molar-refractivity contribution in [1.29, 1.82) is 0 Å². The summed E-state index contributed by atoms with van der Waals surface area (Å²) in [5.74, 6) is 0.319. The molecule has 0 spiro atoms. The molecular formula is C21H21FN2O2. The number of aryl methyl sites for hydroxylation is 2. The predicted molar refractivity (Wildman–Crippen MR) is 100 cm³/mol. The van der Waals surface area contributed by atoms with Crippen molar-refractivity contribution < 1.29 is 13.9 Å². The lowest BCUT2D eigenvalue weighted by Gasteiger charge is -2.19. The van der Waals surface area contributed by atoms with E-state index in [1.54, 1.807) is 31.0 Å². The Labute approximate surface area is 152 Å². The predicted octanol–water partition coefficient (Wildman–Crippen LogP) is 4.14. The second-order valence-electron chi connectivity index (χ2n) is 6.35. The first-order valence-electron chi connectivity index (χ1n) is 8.46. The van der Waals surface area contributed by atoms with Crippen molar-refractivity contribution in [2.75, 3.05) is 20.2 Å². The summed E-state index contributed by atoms with van der Waals surface area (Å²) in [5, 5.41) is 0.741. The Morgan fingerprint density at radius 3 is 2.73 bits per heavy atom. The summed E-state index contributed by atoms with van der Waals surface area (Å²) in [6.07, 6.45) is 0. The molecule has 1 aromatic heterocycles. The van der Waals surface area contributed by atoms with E-state index >= 15 is 0 Å². The van der Waals surface area contributed by atoms with Crippen LogP contribution in [0.1, 0.15) is 21.6 Å². The number of nitrogens with zero attached hydrogens (tertiary/aromatic N) is 2. The summed E-state index contributed by atoms with van der Waals surface area (Å²) >= 11 is 0. The highest BCUT2D eigenvalue weighted by Gasteiger charge is 2.16. The van der Waals surface area contributed by atoms with E-state index in [9.17, 15) is 9.18 Å². The minimum atomic E-state index is -0.339. The van der Waals surface area contributed by atoms with Gasteiger partial charge >= 0.3 is 0 Å². The number of ether oxygens (including phenoxy) is 1. The molecule has 0 radical (unpaired) electrons. The lowest BCUT2D eigenvalue weighted by molar-refractivity contribution is 0.0772. The van der Waals surface area contributed by atoms with Crippen molar-refractivity contribution in [2.45, 2.75) is 13.8 Å². The number of benzene rings is 2. The third kappa shape index (κ3) is 3.99. The molecule has 1 amide bonds. The monoisotopic (exact) mass is 352 g/mol. The molecule has 0 bridgehead atoms. The molecule has 3 rings (SSSR count). The lowest BCUT2D eigenvalue weighted by atomic mass is 10.1. The molecule has 4 nitrogen and oxygen atoms in total. The quantitative estimate of drug-likeness (QED) is 0.693. The van der Waals surface area contributed by atoms with Gasteiger partial charge in [-0.1, -0.05) is 12.1 Å². The molecule has 1 heterocycles. The van der Waals surface area contributed by atoms with Crippen LogP contribution < -0.4 is 4.74 Å². The Bertz CT molecular complexity index is 956. The molecule has 3 aromatic rings. The van der Waals surface area contributed by atoms with Crippen LogP contribution in [0.5, 0.6) is 5.75 Å². The van der Waals surface area contributed by atoms with Gasteiger partial charge in [-0.15, -0.1) is 0 Å². The highest BCUT2D eigenvalue weighted by Crippen LogP contribution is 2.19. The maximum absolute atomic E-state index is 13.3. The van der Waals surface area contributed by atoms with Crippen LogP contribution in [0.15, 0.2) is 48.5 Å². The van der Waals surface area contributed by atoms with Crippen LogP contribution in [-0.4, -0.2) is 36.0 Å². The molecule has 0 aliphatic rings. The number of carbonyl (C=O) groups is 1. The number of rotatable bonds is 5. The van der Waals surface area contributed by atoms with Gasteiger partial charge in [-0.25, -0.2) is 4.39 Å². The second-order valence-corrected chi connectivity index (χ2v) is 6.35. The normalized spacial score (nSPS) is 10.8. The first-order valence-corrected chi connectivity index (χ1v) is 8.46. The number of hydrogen-bond acceptors (Lipinski definition) is 3. The molecule has 2 aromatic carbocycles. The fraction of sp³-hybridized carbons (Fsp3) is 0.238. The standard InChI is InChI=1S/C21H21FN2O2/c1-14-5-4-6-18(11-14)26-10-9-24(3)21(25)19-12-16-7-8-17(22)13-20(16)23-15(19)2/h4-8,11-13H,9-10H2,1-3H3. The van der Waals surface area contributed by atoms with Crippen molar-refractivity contribution in [3.8, 4) is 5.75 Å². The minimum Gasteiger partial charge on any atom is -0.492 e.